The molecule has 2 rings (SSSR count). The van der Waals surface area contributed by atoms with Crippen molar-refractivity contribution < 1.29 is 13.5 Å². The molecule has 94 valence electrons. The van der Waals surface area contributed by atoms with Crippen LogP contribution in [-0.2, 0) is 10.0 Å². The fourth-order valence-electron chi connectivity index (χ4n) is 1.33. The van der Waals surface area contributed by atoms with Crippen molar-refractivity contribution in [2.75, 3.05) is 4.72 Å². The van der Waals surface area contributed by atoms with E-state index in [2.05, 4.69) is 9.71 Å². The van der Waals surface area contributed by atoms with Gasteiger partial charge < -0.3 is 5.11 Å². The molecule has 0 aliphatic rings. The molecule has 0 atom stereocenters. The predicted molar refractivity (Wildman–Crippen MR) is 68.2 cm³/mol. The number of sulfonamides is 1. The molecule has 0 amide bonds. The van der Waals surface area contributed by atoms with E-state index < -0.39 is 10.0 Å². The van der Waals surface area contributed by atoms with Gasteiger partial charge in [-0.2, -0.15) is 0 Å². The van der Waals surface area contributed by atoms with E-state index in [4.69, 9.17) is 11.6 Å². The highest BCUT2D eigenvalue weighted by Gasteiger charge is 2.19. The molecule has 1 aromatic carbocycles. The van der Waals surface area contributed by atoms with Crippen LogP contribution in [0.3, 0.4) is 0 Å². The van der Waals surface area contributed by atoms with E-state index in [0.29, 0.717) is 0 Å². The molecule has 0 saturated heterocycles. The molecule has 0 aliphatic heterocycles. The van der Waals surface area contributed by atoms with Crippen LogP contribution in [0.15, 0.2) is 47.5 Å². The van der Waals surface area contributed by atoms with Crippen LogP contribution in [0.25, 0.3) is 0 Å². The summed E-state index contributed by atoms with van der Waals surface area (Å²) in [5, 5.41) is 9.39. The lowest BCUT2D eigenvalue weighted by Crippen LogP contribution is -2.13. The lowest BCUT2D eigenvalue weighted by molar-refractivity contribution is 0.477. The number of hydrogen-bond donors (Lipinski definition) is 2. The molecular formula is C11H9ClN2O3S. The smallest absolute Gasteiger partial charge is 0.265 e. The van der Waals surface area contributed by atoms with E-state index in [1.165, 1.54) is 30.5 Å². The number of para-hydroxylation sites is 2. The van der Waals surface area contributed by atoms with E-state index in [0.717, 1.165) is 0 Å². The Morgan fingerprint density at radius 3 is 2.56 bits per heavy atom. The molecule has 1 aromatic heterocycles. The fraction of sp³-hybridized carbons (Fsp3) is 0. The van der Waals surface area contributed by atoms with E-state index in [1.807, 2.05) is 0 Å². The Hall–Kier alpha value is -1.79. The Kier molecular flexibility index (Phi) is 3.40. The topological polar surface area (TPSA) is 79.3 Å². The van der Waals surface area contributed by atoms with E-state index in [9.17, 15) is 13.5 Å². The van der Waals surface area contributed by atoms with Crippen LogP contribution in [0.1, 0.15) is 0 Å². The van der Waals surface area contributed by atoms with Crippen molar-refractivity contribution >= 4 is 27.3 Å². The maximum absolute atomic E-state index is 12.0. The first kappa shape index (κ1) is 12.7. The Labute approximate surface area is 109 Å². The van der Waals surface area contributed by atoms with Gasteiger partial charge in [-0.25, -0.2) is 13.4 Å². The van der Waals surface area contributed by atoms with Gasteiger partial charge in [0.25, 0.3) is 10.0 Å². The van der Waals surface area contributed by atoms with Crippen LogP contribution >= 0.6 is 11.6 Å². The Morgan fingerprint density at radius 2 is 1.89 bits per heavy atom. The summed E-state index contributed by atoms with van der Waals surface area (Å²) in [4.78, 5) is 3.55. The zero-order valence-electron chi connectivity index (χ0n) is 9.04. The number of phenols is 1. The third-order valence-electron chi connectivity index (χ3n) is 2.16. The van der Waals surface area contributed by atoms with Gasteiger partial charge in [-0.3, -0.25) is 4.72 Å². The van der Waals surface area contributed by atoms with Crippen LogP contribution in [0, 0.1) is 0 Å². The third-order valence-corrected chi connectivity index (χ3v) is 3.97. The first-order valence-corrected chi connectivity index (χ1v) is 6.78. The molecule has 1 heterocycles. The van der Waals surface area contributed by atoms with Crippen LogP contribution in [0.2, 0.25) is 5.15 Å². The summed E-state index contributed by atoms with van der Waals surface area (Å²) < 4.78 is 26.3. The standard InChI is InChI=1S/C11H9ClN2O3S/c12-11-10(6-3-7-13-11)18(16,17)14-8-4-1-2-5-9(8)15/h1-7,14-15H. The zero-order valence-corrected chi connectivity index (χ0v) is 10.6. The number of rotatable bonds is 3. The molecule has 0 radical (unpaired) electrons. The molecule has 0 aliphatic carbocycles. The minimum absolute atomic E-state index is 0.0809. The lowest BCUT2D eigenvalue weighted by Gasteiger charge is -2.09. The van der Waals surface area contributed by atoms with Gasteiger partial charge in [0.05, 0.1) is 5.69 Å². The number of halogens is 1. The molecule has 5 nitrogen and oxygen atoms in total. The van der Waals surface area contributed by atoms with Crippen molar-refractivity contribution in [3.8, 4) is 5.75 Å². The quantitative estimate of drug-likeness (QED) is 0.669. The van der Waals surface area contributed by atoms with E-state index >= 15 is 0 Å². The molecule has 2 N–H and O–H groups in total. The summed E-state index contributed by atoms with van der Waals surface area (Å²) in [6.45, 7) is 0. The van der Waals surface area contributed by atoms with Crippen LogP contribution < -0.4 is 4.72 Å². The number of hydrogen-bond acceptors (Lipinski definition) is 4. The first-order chi connectivity index (χ1) is 8.50. The third kappa shape index (κ3) is 2.55. The minimum atomic E-state index is -3.87. The van der Waals surface area contributed by atoms with Gasteiger partial charge >= 0.3 is 0 Å². The summed E-state index contributed by atoms with van der Waals surface area (Å²) in [7, 11) is -3.87. The van der Waals surface area contributed by atoms with Gasteiger partial charge in [-0.15, -0.1) is 0 Å². The van der Waals surface area contributed by atoms with Gasteiger partial charge in [-0.1, -0.05) is 23.7 Å². The molecule has 0 unspecified atom stereocenters. The van der Waals surface area contributed by atoms with Crippen molar-refractivity contribution in [2.45, 2.75) is 4.90 Å². The van der Waals surface area contributed by atoms with Crippen molar-refractivity contribution in [2.24, 2.45) is 0 Å². The Balaban J connectivity index is 2.40. The number of benzene rings is 1. The van der Waals surface area contributed by atoms with E-state index in [1.54, 1.807) is 12.1 Å². The summed E-state index contributed by atoms with van der Waals surface area (Å²) in [6.07, 6.45) is 1.39. The van der Waals surface area contributed by atoms with Crippen molar-refractivity contribution in [1.29, 1.82) is 0 Å². The van der Waals surface area contributed by atoms with Crippen molar-refractivity contribution in [1.82, 2.24) is 4.98 Å². The average Bonchev–Trinajstić information content (AvgIpc) is 2.32. The van der Waals surface area contributed by atoms with E-state index in [-0.39, 0.29) is 21.5 Å². The second-order valence-corrected chi connectivity index (χ2v) is 5.42. The van der Waals surface area contributed by atoms with Crippen molar-refractivity contribution in [3.63, 3.8) is 0 Å². The Bertz CT molecular complexity index is 673. The van der Waals surface area contributed by atoms with Gasteiger partial charge in [0.2, 0.25) is 0 Å². The normalized spacial score (nSPS) is 11.2. The van der Waals surface area contributed by atoms with Crippen molar-refractivity contribution in [3.05, 3.63) is 47.7 Å². The predicted octanol–water partition coefficient (Wildman–Crippen LogP) is 2.24. The molecule has 2 aromatic rings. The van der Waals surface area contributed by atoms with Gasteiger partial charge in [0.15, 0.2) is 0 Å². The molecule has 0 spiro atoms. The molecule has 0 fully saturated rings. The number of phenolic OH excluding ortho intramolecular Hbond substituents is 1. The highest BCUT2D eigenvalue weighted by Crippen LogP contribution is 2.26. The molecule has 0 bridgehead atoms. The lowest BCUT2D eigenvalue weighted by atomic mass is 10.3. The number of anilines is 1. The summed E-state index contributed by atoms with van der Waals surface area (Å²) in [6, 6.07) is 8.80. The molecular weight excluding hydrogens is 276 g/mol. The largest absolute Gasteiger partial charge is 0.506 e. The summed E-state index contributed by atoms with van der Waals surface area (Å²) >= 11 is 5.72. The SMILES string of the molecule is O=S(=O)(Nc1ccccc1O)c1cccnc1Cl. The number of aromatic nitrogens is 1. The van der Waals surface area contributed by atoms with Gasteiger partial charge in [-0.05, 0) is 24.3 Å². The van der Waals surface area contributed by atoms with Crippen LogP contribution in [-0.4, -0.2) is 18.5 Å². The highest BCUT2D eigenvalue weighted by molar-refractivity contribution is 7.92. The average molecular weight is 285 g/mol. The summed E-state index contributed by atoms with van der Waals surface area (Å²) in [5.41, 5.74) is 0.0809. The number of nitrogens with one attached hydrogen (secondary N) is 1. The van der Waals surface area contributed by atoms with Crippen LogP contribution in [0.5, 0.6) is 5.75 Å². The van der Waals surface area contributed by atoms with Crippen LogP contribution in [0.4, 0.5) is 5.69 Å². The summed E-state index contributed by atoms with van der Waals surface area (Å²) in [5.74, 6) is -0.166. The maximum atomic E-state index is 12.0. The number of aromatic hydroxyl groups is 1. The minimum Gasteiger partial charge on any atom is -0.506 e. The van der Waals surface area contributed by atoms with Gasteiger partial charge in [0.1, 0.15) is 15.8 Å². The first-order valence-electron chi connectivity index (χ1n) is 4.92. The molecule has 0 saturated carbocycles. The second-order valence-electron chi connectivity index (χ2n) is 3.41. The second kappa shape index (κ2) is 4.83. The zero-order chi connectivity index (χ0) is 13.2. The fourth-order valence-corrected chi connectivity index (χ4v) is 2.86. The number of pyridine rings is 1. The Morgan fingerprint density at radius 1 is 1.17 bits per heavy atom. The monoisotopic (exact) mass is 284 g/mol. The maximum Gasteiger partial charge on any atom is 0.265 e. The molecule has 18 heavy (non-hydrogen) atoms. The highest BCUT2D eigenvalue weighted by atomic mass is 35.5. The molecule has 7 heteroatoms. The van der Waals surface area contributed by atoms with Gasteiger partial charge in [0, 0.05) is 6.20 Å². The number of nitrogens with zero attached hydrogens (tertiary/aromatic N) is 1.